The van der Waals surface area contributed by atoms with Gasteiger partial charge in [-0.3, -0.25) is 13.9 Å². The summed E-state index contributed by atoms with van der Waals surface area (Å²) in [5.74, 6) is -0.917. The fourth-order valence-corrected chi connectivity index (χ4v) is 6.67. The minimum absolute atomic E-state index is 0.0481. The predicted octanol–water partition coefficient (Wildman–Crippen LogP) is 7.05. The standard InChI is InChI=1S/C35H37Cl2N3O4S/c1-4-26(3)38-35(42)33(21-27-11-7-5-8-12-27)39(23-28-17-18-29(36)22-32(28)37)34(41)24-40(30-13-9-6-10-14-30)45(43,44)31-19-15-25(2)16-20-31/h5-20,22,26,33H,4,21,23-24H2,1-3H3,(H,38,42). The lowest BCUT2D eigenvalue weighted by atomic mass is 10.0. The van der Waals surface area contributed by atoms with Crippen molar-refractivity contribution in [1.82, 2.24) is 10.2 Å². The van der Waals surface area contributed by atoms with Crippen molar-refractivity contribution in [3.05, 3.63) is 130 Å². The first kappa shape index (κ1) is 34.0. The second kappa shape index (κ2) is 15.4. The number of sulfonamides is 1. The quantitative estimate of drug-likeness (QED) is 0.166. The Kier molecular flexibility index (Phi) is 11.7. The van der Waals surface area contributed by atoms with Crippen LogP contribution in [0.1, 0.15) is 37.0 Å². The SMILES string of the molecule is CCC(C)NC(=O)C(Cc1ccccc1)N(Cc1ccc(Cl)cc1Cl)C(=O)CN(c1ccccc1)S(=O)(=O)c1ccc(C)cc1. The molecule has 0 fully saturated rings. The minimum atomic E-state index is -4.17. The highest BCUT2D eigenvalue weighted by Gasteiger charge is 2.35. The molecular weight excluding hydrogens is 629 g/mol. The summed E-state index contributed by atoms with van der Waals surface area (Å²) < 4.78 is 29.2. The minimum Gasteiger partial charge on any atom is -0.352 e. The molecule has 2 amide bonds. The molecule has 4 rings (SSSR count). The maximum atomic E-state index is 14.5. The monoisotopic (exact) mass is 665 g/mol. The first-order valence-electron chi connectivity index (χ1n) is 14.7. The van der Waals surface area contributed by atoms with Gasteiger partial charge >= 0.3 is 0 Å². The molecule has 0 heterocycles. The molecule has 2 atom stereocenters. The molecular formula is C35H37Cl2N3O4S. The maximum Gasteiger partial charge on any atom is 0.264 e. The zero-order valence-electron chi connectivity index (χ0n) is 25.5. The first-order chi connectivity index (χ1) is 21.5. The van der Waals surface area contributed by atoms with E-state index >= 15 is 0 Å². The van der Waals surface area contributed by atoms with E-state index in [0.29, 0.717) is 27.7 Å². The molecule has 2 unspecified atom stereocenters. The number of amides is 2. The molecule has 0 aliphatic heterocycles. The van der Waals surface area contributed by atoms with Gasteiger partial charge in [0, 0.05) is 29.1 Å². The van der Waals surface area contributed by atoms with Crippen molar-refractivity contribution in [3.63, 3.8) is 0 Å². The maximum absolute atomic E-state index is 14.5. The number of rotatable bonds is 13. The van der Waals surface area contributed by atoms with Crippen LogP contribution in [0.5, 0.6) is 0 Å². The van der Waals surface area contributed by atoms with Gasteiger partial charge in [0.1, 0.15) is 12.6 Å². The molecule has 0 spiro atoms. The van der Waals surface area contributed by atoms with Crippen LogP contribution in [0.3, 0.4) is 0 Å². The molecule has 0 aliphatic carbocycles. The van der Waals surface area contributed by atoms with Gasteiger partial charge in [0.15, 0.2) is 0 Å². The second-order valence-electron chi connectivity index (χ2n) is 10.9. The Morgan fingerprint density at radius 2 is 1.49 bits per heavy atom. The lowest BCUT2D eigenvalue weighted by Gasteiger charge is -2.34. The van der Waals surface area contributed by atoms with Gasteiger partial charge in [-0.15, -0.1) is 0 Å². The normalized spacial score (nSPS) is 12.6. The fourth-order valence-electron chi connectivity index (χ4n) is 4.79. The van der Waals surface area contributed by atoms with Gasteiger partial charge < -0.3 is 10.2 Å². The number of hydrogen-bond acceptors (Lipinski definition) is 4. The van der Waals surface area contributed by atoms with Crippen molar-refractivity contribution in [2.24, 2.45) is 0 Å². The molecule has 0 saturated carbocycles. The number of para-hydroxylation sites is 1. The molecule has 236 valence electrons. The number of halogens is 2. The molecule has 0 radical (unpaired) electrons. The van der Waals surface area contributed by atoms with E-state index in [-0.39, 0.29) is 29.8 Å². The second-order valence-corrected chi connectivity index (χ2v) is 13.6. The lowest BCUT2D eigenvalue weighted by Crippen LogP contribution is -2.54. The van der Waals surface area contributed by atoms with Crippen molar-refractivity contribution in [1.29, 1.82) is 0 Å². The third-order valence-corrected chi connectivity index (χ3v) is 9.93. The van der Waals surface area contributed by atoms with Crippen molar-refractivity contribution >= 4 is 50.7 Å². The summed E-state index contributed by atoms with van der Waals surface area (Å²) in [5.41, 5.74) is 2.63. The number of nitrogens with zero attached hydrogens (tertiary/aromatic N) is 2. The largest absolute Gasteiger partial charge is 0.352 e. The van der Waals surface area contributed by atoms with E-state index in [1.165, 1.54) is 17.0 Å². The highest BCUT2D eigenvalue weighted by Crippen LogP contribution is 2.27. The van der Waals surface area contributed by atoms with Crippen LogP contribution >= 0.6 is 23.2 Å². The molecule has 1 N–H and O–H groups in total. The van der Waals surface area contributed by atoms with Crippen LogP contribution in [0.4, 0.5) is 5.69 Å². The Labute approximate surface area is 275 Å². The fraction of sp³-hybridized carbons (Fsp3) is 0.257. The summed E-state index contributed by atoms with van der Waals surface area (Å²) in [4.78, 5) is 29.9. The van der Waals surface area contributed by atoms with Crippen LogP contribution in [0, 0.1) is 6.92 Å². The van der Waals surface area contributed by atoms with Crippen LogP contribution in [0.2, 0.25) is 10.0 Å². The Morgan fingerprint density at radius 1 is 0.867 bits per heavy atom. The van der Waals surface area contributed by atoms with Gasteiger partial charge in [-0.05, 0) is 67.8 Å². The molecule has 4 aromatic rings. The number of carbonyl (C=O) groups is 2. The van der Waals surface area contributed by atoms with Gasteiger partial charge in [-0.2, -0.15) is 0 Å². The van der Waals surface area contributed by atoms with E-state index in [1.54, 1.807) is 60.7 Å². The number of nitrogens with one attached hydrogen (secondary N) is 1. The Morgan fingerprint density at radius 3 is 2.09 bits per heavy atom. The van der Waals surface area contributed by atoms with Crippen LogP contribution in [-0.2, 0) is 32.6 Å². The van der Waals surface area contributed by atoms with Crippen molar-refractivity contribution in [3.8, 4) is 0 Å². The van der Waals surface area contributed by atoms with Crippen LogP contribution < -0.4 is 9.62 Å². The van der Waals surface area contributed by atoms with Gasteiger partial charge in [0.2, 0.25) is 11.8 Å². The zero-order valence-corrected chi connectivity index (χ0v) is 27.8. The number of anilines is 1. The molecule has 0 aliphatic rings. The Hall–Kier alpha value is -3.85. The van der Waals surface area contributed by atoms with Gasteiger partial charge in [-0.1, -0.05) is 102 Å². The van der Waals surface area contributed by atoms with Crippen LogP contribution in [0.25, 0.3) is 0 Å². The summed E-state index contributed by atoms with van der Waals surface area (Å²) in [6, 6.07) is 28.1. The third kappa shape index (κ3) is 8.87. The van der Waals surface area contributed by atoms with E-state index in [2.05, 4.69) is 5.32 Å². The smallest absolute Gasteiger partial charge is 0.264 e. The summed E-state index contributed by atoms with van der Waals surface area (Å²) in [6.07, 6.45) is 0.896. The number of carbonyl (C=O) groups excluding carboxylic acids is 2. The predicted molar refractivity (Wildman–Crippen MR) is 181 cm³/mol. The van der Waals surface area contributed by atoms with Crippen molar-refractivity contribution in [2.45, 2.75) is 57.1 Å². The number of hydrogen-bond donors (Lipinski definition) is 1. The van der Waals surface area contributed by atoms with E-state index in [1.807, 2.05) is 51.1 Å². The zero-order chi connectivity index (χ0) is 32.6. The first-order valence-corrected chi connectivity index (χ1v) is 16.9. The summed E-state index contributed by atoms with van der Waals surface area (Å²) in [5, 5.41) is 3.78. The molecule has 0 bridgehead atoms. The highest BCUT2D eigenvalue weighted by molar-refractivity contribution is 7.92. The van der Waals surface area contributed by atoms with Gasteiger partial charge in [0.25, 0.3) is 10.0 Å². The molecule has 7 nitrogen and oxygen atoms in total. The summed E-state index contributed by atoms with van der Waals surface area (Å²) in [7, 11) is -4.17. The van der Waals surface area contributed by atoms with Crippen LogP contribution in [-0.4, -0.2) is 43.8 Å². The summed E-state index contributed by atoms with van der Waals surface area (Å²) in [6.45, 7) is 5.12. The van der Waals surface area contributed by atoms with Crippen LogP contribution in [0.15, 0.2) is 108 Å². The lowest BCUT2D eigenvalue weighted by molar-refractivity contribution is -0.140. The van der Waals surface area contributed by atoms with E-state index in [0.717, 1.165) is 15.4 Å². The van der Waals surface area contributed by atoms with E-state index < -0.39 is 28.5 Å². The highest BCUT2D eigenvalue weighted by atomic mass is 35.5. The van der Waals surface area contributed by atoms with Gasteiger partial charge in [-0.25, -0.2) is 8.42 Å². The third-order valence-electron chi connectivity index (χ3n) is 7.56. The van der Waals surface area contributed by atoms with Crippen molar-refractivity contribution in [2.75, 3.05) is 10.8 Å². The van der Waals surface area contributed by atoms with Crippen molar-refractivity contribution < 1.29 is 18.0 Å². The molecule has 0 saturated heterocycles. The van der Waals surface area contributed by atoms with E-state index in [9.17, 15) is 18.0 Å². The Balaban J connectivity index is 1.81. The molecule has 4 aromatic carbocycles. The number of aryl methyl sites for hydroxylation is 1. The average molecular weight is 667 g/mol. The molecule has 0 aromatic heterocycles. The number of benzene rings is 4. The molecule has 45 heavy (non-hydrogen) atoms. The van der Waals surface area contributed by atoms with E-state index in [4.69, 9.17) is 23.2 Å². The summed E-state index contributed by atoms with van der Waals surface area (Å²) >= 11 is 12.7. The average Bonchev–Trinajstić information content (AvgIpc) is 3.03. The Bertz CT molecular complexity index is 1700. The molecule has 10 heteroatoms. The van der Waals surface area contributed by atoms with Gasteiger partial charge in [0.05, 0.1) is 10.6 Å². The topological polar surface area (TPSA) is 86.8 Å².